The second-order valence-corrected chi connectivity index (χ2v) is 6.44. The molecule has 1 unspecified atom stereocenters. The van der Waals surface area contributed by atoms with Gasteiger partial charge in [0.15, 0.2) is 0 Å². The number of ether oxygens (including phenoxy) is 1. The Bertz CT molecular complexity index is 898. The molecule has 0 spiro atoms. The molecule has 24 heavy (non-hydrogen) atoms. The Morgan fingerprint density at radius 1 is 1.33 bits per heavy atom. The van der Waals surface area contributed by atoms with Crippen molar-refractivity contribution < 1.29 is 9.53 Å². The van der Waals surface area contributed by atoms with Gasteiger partial charge in [-0.25, -0.2) is 4.98 Å². The first-order valence-electron chi connectivity index (χ1n) is 7.61. The Labute approximate surface area is 143 Å². The Balaban J connectivity index is 1.80. The molecule has 0 saturated heterocycles. The minimum atomic E-state index is -0.0930. The van der Waals surface area contributed by atoms with E-state index in [1.54, 1.807) is 13.3 Å². The third-order valence-electron chi connectivity index (χ3n) is 4.23. The van der Waals surface area contributed by atoms with E-state index >= 15 is 0 Å². The number of amides is 1. The Morgan fingerprint density at radius 2 is 2.12 bits per heavy atom. The van der Waals surface area contributed by atoms with E-state index in [1.165, 1.54) is 11.5 Å². The summed E-state index contributed by atoms with van der Waals surface area (Å²) in [6.45, 7) is 1.97. The molecule has 0 aliphatic carbocycles. The van der Waals surface area contributed by atoms with Gasteiger partial charge in [0, 0.05) is 30.1 Å². The third-order valence-corrected chi connectivity index (χ3v) is 5.10. The molecule has 1 amide bonds. The molecular weight excluding hydrogens is 324 g/mol. The van der Waals surface area contributed by atoms with Crippen LogP contribution in [-0.4, -0.2) is 26.9 Å². The molecule has 4 rings (SSSR count). The number of rotatable bonds is 3. The lowest BCUT2D eigenvalue weighted by atomic mass is 9.91. The standard InChI is InChI=1S/C17H16N4O2S/c1-10-15-13(9-14(22)19-17(15)24-20-10)16-18-7-8-21(16)11-3-5-12(23-2)6-4-11/h3-8,13H,9H2,1-2H3,(H,19,22). The number of aryl methyl sites for hydroxylation is 1. The molecule has 1 aromatic carbocycles. The molecule has 1 aliphatic heterocycles. The van der Waals surface area contributed by atoms with Crippen molar-refractivity contribution in [2.75, 3.05) is 12.4 Å². The lowest BCUT2D eigenvalue weighted by Crippen LogP contribution is -2.24. The van der Waals surface area contributed by atoms with Gasteiger partial charge in [-0.15, -0.1) is 0 Å². The average molecular weight is 340 g/mol. The SMILES string of the molecule is COc1ccc(-n2ccnc2C2CC(=O)Nc3snc(C)c32)cc1. The van der Waals surface area contributed by atoms with Crippen LogP contribution in [0.25, 0.3) is 5.69 Å². The monoisotopic (exact) mass is 340 g/mol. The molecule has 7 heteroatoms. The van der Waals surface area contributed by atoms with Gasteiger partial charge in [0.05, 0.1) is 18.7 Å². The van der Waals surface area contributed by atoms with Crippen LogP contribution in [0.2, 0.25) is 0 Å². The summed E-state index contributed by atoms with van der Waals surface area (Å²) in [5, 5.41) is 3.74. The summed E-state index contributed by atoms with van der Waals surface area (Å²) >= 11 is 1.33. The number of benzene rings is 1. The van der Waals surface area contributed by atoms with Crippen molar-refractivity contribution in [1.82, 2.24) is 13.9 Å². The quantitative estimate of drug-likeness (QED) is 0.795. The number of hydrogen-bond acceptors (Lipinski definition) is 5. The molecule has 0 bridgehead atoms. The van der Waals surface area contributed by atoms with Crippen molar-refractivity contribution in [3.8, 4) is 11.4 Å². The van der Waals surface area contributed by atoms with Crippen molar-refractivity contribution in [2.45, 2.75) is 19.3 Å². The highest BCUT2D eigenvalue weighted by Crippen LogP contribution is 2.41. The van der Waals surface area contributed by atoms with Crippen LogP contribution >= 0.6 is 11.5 Å². The number of carbonyl (C=O) groups is 1. The molecule has 3 aromatic rings. The highest BCUT2D eigenvalue weighted by atomic mass is 32.1. The predicted octanol–water partition coefficient (Wildman–Crippen LogP) is 3.12. The van der Waals surface area contributed by atoms with Crippen LogP contribution in [0.5, 0.6) is 5.75 Å². The Kier molecular flexibility index (Phi) is 3.57. The number of hydrogen-bond donors (Lipinski definition) is 1. The van der Waals surface area contributed by atoms with Gasteiger partial charge in [-0.05, 0) is 42.7 Å². The fourth-order valence-electron chi connectivity index (χ4n) is 3.10. The molecule has 2 aromatic heterocycles. The molecule has 6 nitrogen and oxygen atoms in total. The summed E-state index contributed by atoms with van der Waals surface area (Å²) < 4.78 is 11.6. The van der Waals surface area contributed by atoms with Crippen molar-refractivity contribution in [2.24, 2.45) is 0 Å². The van der Waals surface area contributed by atoms with Crippen LogP contribution in [0.15, 0.2) is 36.7 Å². The van der Waals surface area contributed by atoms with Gasteiger partial charge in [0.2, 0.25) is 5.91 Å². The first-order valence-corrected chi connectivity index (χ1v) is 8.38. The largest absolute Gasteiger partial charge is 0.497 e. The van der Waals surface area contributed by atoms with E-state index in [1.807, 2.05) is 42.0 Å². The summed E-state index contributed by atoms with van der Waals surface area (Å²) in [6, 6.07) is 7.78. The lowest BCUT2D eigenvalue weighted by Gasteiger charge is -2.23. The van der Waals surface area contributed by atoms with E-state index in [9.17, 15) is 4.79 Å². The van der Waals surface area contributed by atoms with Gasteiger partial charge in [0.1, 0.15) is 16.6 Å². The third kappa shape index (κ3) is 2.37. The zero-order valence-electron chi connectivity index (χ0n) is 13.3. The minimum absolute atomic E-state index is 0.000399. The van der Waals surface area contributed by atoms with Gasteiger partial charge in [-0.1, -0.05) is 0 Å². The normalized spacial score (nSPS) is 16.6. The van der Waals surface area contributed by atoms with Crippen LogP contribution < -0.4 is 10.1 Å². The Hall–Kier alpha value is -2.67. The fraction of sp³-hybridized carbons (Fsp3) is 0.235. The van der Waals surface area contributed by atoms with Crippen LogP contribution in [0, 0.1) is 6.92 Å². The number of fused-ring (bicyclic) bond motifs is 1. The second kappa shape index (κ2) is 5.76. The van der Waals surface area contributed by atoms with Crippen molar-refractivity contribution in [1.29, 1.82) is 0 Å². The van der Waals surface area contributed by atoms with Gasteiger partial charge in [-0.3, -0.25) is 4.79 Å². The van der Waals surface area contributed by atoms with E-state index in [-0.39, 0.29) is 11.8 Å². The molecular formula is C17H16N4O2S. The molecule has 0 radical (unpaired) electrons. The van der Waals surface area contributed by atoms with E-state index in [0.717, 1.165) is 33.5 Å². The molecule has 0 fully saturated rings. The molecule has 0 saturated carbocycles. The number of imidazole rings is 1. The molecule has 1 N–H and O–H groups in total. The van der Waals surface area contributed by atoms with Gasteiger partial charge in [0.25, 0.3) is 0 Å². The first-order chi connectivity index (χ1) is 11.7. The number of nitrogens with one attached hydrogen (secondary N) is 1. The fourth-order valence-corrected chi connectivity index (χ4v) is 3.97. The van der Waals surface area contributed by atoms with Crippen LogP contribution in [-0.2, 0) is 4.79 Å². The van der Waals surface area contributed by atoms with Gasteiger partial charge < -0.3 is 14.6 Å². The maximum Gasteiger partial charge on any atom is 0.226 e. The first kappa shape index (κ1) is 14.9. The van der Waals surface area contributed by atoms with E-state index in [4.69, 9.17) is 4.74 Å². The van der Waals surface area contributed by atoms with E-state index < -0.39 is 0 Å². The molecule has 122 valence electrons. The summed E-state index contributed by atoms with van der Waals surface area (Å²) in [5.41, 5.74) is 3.00. The topological polar surface area (TPSA) is 69.0 Å². The number of methoxy groups -OCH3 is 1. The minimum Gasteiger partial charge on any atom is -0.497 e. The van der Waals surface area contributed by atoms with Crippen molar-refractivity contribution >= 4 is 22.4 Å². The van der Waals surface area contributed by atoms with Gasteiger partial charge >= 0.3 is 0 Å². The number of aromatic nitrogens is 3. The van der Waals surface area contributed by atoms with E-state index in [2.05, 4.69) is 14.7 Å². The van der Waals surface area contributed by atoms with Crippen LogP contribution in [0.3, 0.4) is 0 Å². The second-order valence-electron chi connectivity index (χ2n) is 5.67. The zero-order valence-corrected chi connectivity index (χ0v) is 14.1. The summed E-state index contributed by atoms with van der Waals surface area (Å²) in [6.07, 6.45) is 4.05. The number of anilines is 1. The maximum atomic E-state index is 12.1. The lowest BCUT2D eigenvalue weighted by molar-refractivity contribution is -0.116. The zero-order chi connectivity index (χ0) is 16.7. The average Bonchev–Trinajstić information content (AvgIpc) is 3.21. The van der Waals surface area contributed by atoms with E-state index in [0.29, 0.717) is 6.42 Å². The highest BCUT2D eigenvalue weighted by Gasteiger charge is 2.33. The van der Waals surface area contributed by atoms with Crippen LogP contribution in [0.1, 0.15) is 29.4 Å². The smallest absolute Gasteiger partial charge is 0.226 e. The maximum absolute atomic E-state index is 12.1. The summed E-state index contributed by atoms with van der Waals surface area (Å²) in [5.74, 6) is 1.56. The van der Waals surface area contributed by atoms with Gasteiger partial charge in [-0.2, -0.15) is 4.37 Å². The molecule has 3 heterocycles. The number of nitrogens with zero attached hydrogens (tertiary/aromatic N) is 3. The predicted molar refractivity (Wildman–Crippen MR) is 92.1 cm³/mol. The molecule has 1 atom stereocenters. The van der Waals surface area contributed by atoms with Crippen molar-refractivity contribution in [3.63, 3.8) is 0 Å². The van der Waals surface area contributed by atoms with Crippen molar-refractivity contribution in [3.05, 3.63) is 53.7 Å². The highest BCUT2D eigenvalue weighted by molar-refractivity contribution is 7.10. The number of carbonyl (C=O) groups excluding carboxylic acids is 1. The van der Waals surface area contributed by atoms with Crippen LogP contribution in [0.4, 0.5) is 5.00 Å². The Morgan fingerprint density at radius 3 is 2.88 bits per heavy atom. The molecule has 1 aliphatic rings. The summed E-state index contributed by atoms with van der Waals surface area (Å²) in [7, 11) is 1.65. The summed E-state index contributed by atoms with van der Waals surface area (Å²) in [4.78, 5) is 16.6.